The van der Waals surface area contributed by atoms with Crippen molar-refractivity contribution >= 4 is 15.7 Å². The van der Waals surface area contributed by atoms with Crippen molar-refractivity contribution in [3.05, 3.63) is 24.3 Å². The first-order chi connectivity index (χ1) is 9.79. The minimum atomic E-state index is -3.47. The molecule has 1 N–H and O–H groups in total. The number of rotatable bonds is 4. The summed E-state index contributed by atoms with van der Waals surface area (Å²) in [6.45, 7) is 8.59. The Hall–Kier alpha value is -1.11. The van der Waals surface area contributed by atoms with Crippen molar-refractivity contribution in [3.8, 4) is 0 Å². The summed E-state index contributed by atoms with van der Waals surface area (Å²) < 4.78 is 27.5. The second kappa shape index (κ2) is 5.94. The molecular formula is C15H25N3O2S. The Morgan fingerprint density at radius 3 is 2.52 bits per heavy atom. The molecule has 1 aliphatic rings. The van der Waals surface area contributed by atoms with E-state index < -0.39 is 10.0 Å². The van der Waals surface area contributed by atoms with Crippen molar-refractivity contribution in [3.63, 3.8) is 0 Å². The smallest absolute Gasteiger partial charge is 0.245 e. The molecule has 0 atom stereocenters. The number of piperazine rings is 1. The second-order valence-corrected chi connectivity index (χ2v) is 8.01. The summed E-state index contributed by atoms with van der Waals surface area (Å²) in [6.07, 6.45) is 0. The number of benzene rings is 1. The zero-order chi connectivity index (χ0) is 15.7. The van der Waals surface area contributed by atoms with E-state index in [1.807, 2.05) is 26.1 Å². The molecule has 0 bridgehead atoms. The van der Waals surface area contributed by atoms with Gasteiger partial charge in [-0.1, -0.05) is 12.1 Å². The van der Waals surface area contributed by atoms with Gasteiger partial charge in [0.05, 0.1) is 5.69 Å². The molecule has 0 saturated carbocycles. The molecule has 0 amide bonds. The van der Waals surface area contributed by atoms with Crippen LogP contribution < -0.4 is 5.32 Å². The highest BCUT2D eigenvalue weighted by Gasteiger charge is 2.37. The van der Waals surface area contributed by atoms with Crippen molar-refractivity contribution in [1.29, 1.82) is 0 Å². The molecule has 0 spiro atoms. The van der Waals surface area contributed by atoms with E-state index in [2.05, 4.69) is 24.1 Å². The number of hydrogen-bond donors (Lipinski definition) is 1. The van der Waals surface area contributed by atoms with Crippen LogP contribution in [0.4, 0.5) is 5.69 Å². The molecule has 1 saturated heterocycles. The molecule has 0 radical (unpaired) electrons. The lowest BCUT2D eigenvalue weighted by Crippen LogP contribution is -2.58. The van der Waals surface area contributed by atoms with Crippen molar-refractivity contribution in [2.45, 2.75) is 31.2 Å². The van der Waals surface area contributed by atoms with Crippen LogP contribution in [0.5, 0.6) is 0 Å². The van der Waals surface area contributed by atoms with Crippen molar-refractivity contribution in [2.24, 2.45) is 0 Å². The molecule has 5 nitrogen and oxygen atoms in total. The van der Waals surface area contributed by atoms with Crippen LogP contribution in [0.1, 0.15) is 20.8 Å². The van der Waals surface area contributed by atoms with E-state index in [1.54, 1.807) is 16.4 Å². The van der Waals surface area contributed by atoms with E-state index in [4.69, 9.17) is 0 Å². The number of nitrogens with zero attached hydrogens (tertiary/aromatic N) is 2. The van der Waals surface area contributed by atoms with Gasteiger partial charge >= 0.3 is 0 Å². The Kier molecular flexibility index (Phi) is 4.60. The van der Waals surface area contributed by atoms with Crippen LogP contribution in [0.3, 0.4) is 0 Å². The Bertz CT molecular complexity index is 599. The van der Waals surface area contributed by atoms with Crippen LogP contribution in [-0.4, -0.2) is 56.4 Å². The van der Waals surface area contributed by atoms with E-state index in [0.29, 0.717) is 30.2 Å². The van der Waals surface area contributed by atoms with E-state index in [9.17, 15) is 8.42 Å². The highest BCUT2D eigenvalue weighted by Crippen LogP contribution is 2.28. The zero-order valence-electron chi connectivity index (χ0n) is 13.3. The van der Waals surface area contributed by atoms with Gasteiger partial charge in [-0.25, -0.2) is 8.42 Å². The van der Waals surface area contributed by atoms with E-state index in [0.717, 1.165) is 6.54 Å². The van der Waals surface area contributed by atoms with Gasteiger partial charge < -0.3 is 5.32 Å². The van der Waals surface area contributed by atoms with Crippen molar-refractivity contribution < 1.29 is 8.42 Å². The summed E-state index contributed by atoms with van der Waals surface area (Å²) in [6, 6.07) is 7.12. The maximum absolute atomic E-state index is 12.9. The average molecular weight is 311 g/mol. The third-order valence-corrected chi connectivity index (χ3v) is 6.06. The van der Waals surface area contributed by atoms with Gasteiger partial charge in [0.15, 0.2) is 0 Å². The summed E-state index contributed by atoms with van der Waals surface area (Å²) in [5, 5.41) is 3.13. The third-order valence-electron chi connectivity index (χ3n) is 4.15. The van der Waals surface area contributed by atoms with Crippen LogP contribution >= 0.6 is 0 Å². The normalized spacial score (nSPS) is 20.4. The number of para-hydroxylation sites is 1. The monoisotopic (exact) mass is 311 g/mol. The molecule has 0 aromatic heterocycles. The fourth-order valence-electron chi connectivity index (χ4n) is 2.57. The summed E-state index contributed by atoms with van der Waals surface area (Å²) >= 11 is 0. The number of hydrogen-bond acceptors (Lipinski definition) is 4. The molecule has 2 rings (SSSR count). The number of sulfonamides is 1. The standard InChI is InChI=1S/C15H25N3O2S/c1-5-16-13-8-6-7-9-14(13)21(19,20)18-11-10-17(4)15(2,3)12-18/h6-9,16H,5,10-12H2,1-4H3. The summed E-state index contributed by atoms with van der Waals surface area (Å²) in [5.74, 6) is 0. The maximum Gasteiger partial charge on any atom is 0.245 e. The molecule has 118 valence electrons. The van der Waals surface area contributed by atoms with Crippen LogP contribution in [0, 0.1) is 0 Å². The van der Waals surface area contributed by atoms with Crippen LogP contribution in [0.25, 0.3) is 0 Å². The Labute approximate surface area is 128 Å². The molecule has 21 heavy (non-hydrogen) atoms. The molecule has 1 aromatic carbocycles. The van der Waals surface area contributed by atoms with Gasteiger partial charge in [0.25, 0.3) is 0 Å². The second-order valence-electron chi connectivity index (χ2n) is 6.10. The van der Waals surface area contributed by atoms with Crippen molar-refractivity contribution in [2.75, 3.05) is 38.5 Å². The fourth-order valence-corrected chi connectivity index (χ4v) is 4.32. The highest BCUT2D eigenvalue weighted by molar-refractivity contribution is 7.89. The van der Waals surface area contributed by atoms with Gasteiger partial charge in [-0.05, 0) is 40.0 Å². The van der Waals surface area contributed by atoms with Gasteiger partial charge in [0, 0.05) is 31.7 Å². The van der Waals surface area contributed by atoms with Gasteiger partial charge in [-0.15, -0.1) is 0 Å². The third kappa shape index (κ3) is 3.22. The maximum atomic E-state index is 12.9. The first-order valence-corrected chi connectivity index (χ1v) is 8.77. The largest absolute Gasteiger partial charge is 0.384 e. The highest BCUT2D eigenvalue weighted by atomic mass is 32.2. The average Bonchev–Trinajstić information content (AvgIpc) is 2.42. The fraction of sp³-hybridized carbons (Fsp3) is 0.600. The zero-order valence-corrected chi connectivity index (χ0v) is 14.1. The van der Waals surface area contributed by atoms with E-state index in [-0.39, 0.29) is 5.54 Å². The van der Waals surface area contributed by atoms with Crippen LogP contribution in [-0.2, 0) is 10.0 Å². The van der Waals surface area contributed by atoms with Gasteiger partial charge in [-0.3, -0.25) is 4.90 Å². The molecule has 0 aliphatic carbocycles. The molecular weight excluding hydrogens is 286 g/mol. The molecule has 0 unspecified atom stereocenters. The molecule has 1 fully saturated rings. The lowest BCUT2D eigenvalue weighted by molar-refractivity contribution is 0.0802. The first-order valence-electron chi connectivity index (χ1n) is 7.33. The quantitative estimate of drug-likeness (QED) is 0.922. The van der Waals surface area contributed by atoms with E-state index in [1.165, 1.54) is 0 Å². The first kappa shape index (κ1) is 16.3. The molecule has 1 aromatic rings. The Morgan fingerprint density at radius 2 is 1.90 bits per heavy atom. The number of nitrogens with one attached hydrogen (secondary N) is 1. The van der Waals surface area contributed by atoms with Crippen molar-refractivity contribution in [1.82, 2.24) is 9.21 Å². The Balaban J connectivity index is 2.35. The Morgan fingerprint density at radius 1 is 1.24 bits per heavy atom. The van der Waals surface area contributed by atoms with E-state index >= 15 is 0 Å². The SMILES string of the molecule is CCNc1ccccc1S(=O)(=O)N1CCN(C)C(C)(C)C1. The van der Waals surface area contributed by atoms with Gasteiger partial charge in [0.2, 0.25) is 10.0 Å². The van der Waals surface area contributed by atoms with Crippen LogP contribution in [0.2, 0.25) is 0 Å². The number of anilines is 1. The van der Waals surface area contributed by atoms with Gasteiger partial charge in [-0.2, -0.15) is 4.31 Å². The van der Waals surface area contributed by atoms with Crippen LogP contribution in [0.15, 0.2) is 29.2 Å². The predicted molar refractivity (Wildman–Crippen MR) is 86.1 cm³/mol. The summed E-state index contributed by atoms with van der Waals surface area (Å²) in [4.78, 5) is 2.57. The lowest BCUT2D eigenvalue weighted by Gasteiger charge is -2.44. The summed E-state index contributed by atoms with van der Waals surface area (Å²) in [7, 11) is -1.43. The topological polar surface area (TPSA) is 52.7 Å². The minimum absolute atomic E-state index is 0.154. The van der Waals surface area contributed by atoms with Gasteiger partial charge in [0.1, 0.15) is 4.90 Å². The molecule has 1 heterocycles. The molecule has 1 aliphatic heterocycles. The minimum Gasteiger partial charge on any atom is -0.384 e. The predicted octanol–water partition coefficient (Wildman–Crippen LogP) is 1.83. The number of likely N-dealkylation sites (N-methyl/N-ethyl adjacent to an activating group) is 1. The summed E-state index contributed by atoms with van der Waals surface area (Å²) in [5.41, 5.74) is 0.523. The molecule has 6 heteroatoms. The lowest BCUT2D eigenvalue weighted by atomic mass is 10.0.